The first-order valence-electron chi connectivity index (χ1n) is 21.3. The second-order valence-electron chi connectivity index (χ2n) is 17.0. The van der Waals surface area contributed by atoms with Crippen molar-refractivity contribution in [2.24, 2.45) is 5.41 Å². The number of imidazole rings is 1. The van der Waals surface area contributed by atoms with E-state index in [1.165, 1.54) is 15.6 Å². The molecule has 1 spiro atoms. The first-order chi connectivity index (χ1) is 30.1. The number of carbonyl (C=O) groups is 4. The summed E-state index contributed by atoms with van der Waals surface area (Å²) in [5.41, 5.74) is 6.59. The van der Waals surface area contributed by atoms with Crippen molar-refractivity contribution in [3.05, 3.63) is 88.8 Å². The molecule has 15 nitrogen and oxygen atoms in total. The Balaban J connectivity index is 0.758. The maximum atomic E-state index is 13.6. The van der Waals surface area contributed by atoms with Crippen LogP contribution in [0, 0.1) is 5.41 Å². The fraction of sp³-hybridized carbons (Fsp3) is 0.400. The Kier molecular flexibility index (Phi) is 10.2. The molecule has 5 aromatic rings. The number of amides is 5. The standard InChI is InChI=1S/C45H46ClFN10O5/c1-48-35-23-39(53-57-38(25-50-41(35)57)42(59)51-34-22-32(34)47)55-17-11-30-29(3-2-4-36(30)55)33-8-6-28(24-49-33)62-27-9-13-45(14-10-27)15-19-54(20-16-45)43(60)26-5-7-31(46)37(21-26)56-18-12-40(58)52-44(56)61/h2-8,21,23-25,27,32,34,48H,9-20,22H2,1H3,(H,51,59)(H,52,58,61)/t32-,34+/m0/s1. The van der Waals surface area contributed by atoms with Gasteiger partial charge in [0.15, 0.2) is 17.2 Å². The number of alkyl halides is 1. The second kappa shape index (κ2) is 15.9. The molecule has 0 bridgehead atoms. The summed E-state index contributed by atoms with van der Waals surface area (Å²) >= 11 is 6.43. The van der Waals surface area contributed by atoms with Crippen LogP contribution in [0.4, 0.5) is 32.1 Å². The highest BCUT2D eigenvalue weighted by Gasteiger charge is 2.41. The molecular weight excluding hydrogens is 815 g/mol. The largest absolute Gasteiger partial charge is 0.489 e. The molecule has 2 aromatic carbocycles. The number of ether oxygens (including phenoxy) is 1. The summed E-state index contributed by atoms with van der Waals surface area (Å²) in [4.78, 5) is 65.5. The average Bonchev–Trinajstić information content (AvgIpc) is 3.60. The van der Waals surface area contributed by atoms with Crippen molar-refractivity contribution in [1.82, 2.24) is 35.1 Å². The van der Waals surface area contributed by atoms with Crippen molar-refractivity contribution in [2.45, 2.75) is 76.1 Å². The van der Waals surface area contributed by atoms with Gasteiger partial charge in [-0.25, -0.2) is 18.7 Å². The van der Waals surface area contributed by atoms with E-state index in [0.29, 0.717) is 59.5 Å². The van der Waals surface area contributed by atoms with Gasteiger partial charge in [0.05, 0.1) is 46.6 Å². The first kappa shape index (κ1) is 39.8. The number of hydrogen-bond acceptors (Lipinski definition) is 10. The van der Waals surface area contributed by atoms with E-state index in [4.69, 9.17) is 26.4 Å². The van der Waals surface area contributed by atoms with Crippen molar-refractivity contribution in [2.75, 3.05) is 48.3 Å². The Labute approximate surface area is 362 Å². The van der Waals surface area contributed by atoms with E-state index in [2.05, 4.69) is 38.0 Å². The molecule has 2 aliphatic carbocycles. The Hall–Kier alpha value is -6.29. The van der Waals surface area contributed by atoms with Gasteiger partial charge in [0.1, 0.15) is 11.9 Å². The van der Waals surface area contributed by atoms with Crippen LogP contribution in [0.15, 0.2) is 67.0 Å². The maximum Gasteiger partial charge on any atom is 0.328 e. The van der Waals surface area contributed by atoms with Gasteiger partial charge in [-0.1, -0.05) is 23.7 Å². The molecule has 2 saturated heterocycles. The predicted molar refractivity (Wildman–Crippen MR) is 231 cm³/mol. The van der Waals surface area contributed by atoms with Gasteiger partial charge in [0.25, 0.3) is 11.8 Å². The van der Waals surface area contributed by atoms with Crippen molar-refractivity contribution >= 4 is 63.9 Å². The number of hydrogen-bond donors (Lipinski definition) is 3. The molecule has 3 aromatic heterocycles. The van der Waals surface area contributed by atoms with Crippen LogP contribution in [-0.4, -0.2) is 99.8 Å². The summed E-state index contributed by atoms with van der Waals surface area (Å²) in [5, 5.41) is 13.4. The lowest BCUT2D eigenvalue weighted by Gasteiger charge is -2.45. The first-order valence-corrected chi connectivity index (χ1v) is 21.7. The zero-order valence-corrected chi connectivity index (χ0v) is 35.0. The number of benzene rings is 2. The van der Waals surface area contributed by atoms with Crippen LogP contribution in [0.1, 0.15) is 77.8 Å². The van der Waals surface area contributed by atoms with E-state index >= 15 is 0 Å². The zero-order valence-electron chi connectivity index (χ0n) is 34.2. The summed E-state index contributed by atoms with van der Waals surface area (Å²) in [6, 6.07) is 16.1. The van der Waals surface area contributed by atoms with Gasteiger partial charge in [0.2, 0.25) is 5.91 Å². The molecule has 5 amide bonds. The molecule has 3 N–H and O–H groups in total. The summed E-state index contributed by atoms with van der Waals surface area (Å²) < 4.78 is 21.6. The fourth-order valence-electron chi connectivity index (χ4n) is 9.53. The number of urea groups is 1. The van der Waals surface area contributed by atoms with E-state index in [-0.39, 0.29) is 42.0 Å². The SMILES string of the molecule is CNc1cc(N2CCc3c(-c4ccc(OC5CCC6(CC5)CCN(C(=O)c5ccc(Cl)c(N7CCC(=O)NC7=O)c5)CC6)cn4)cccc32)nn2c(C(=O)N[C@@H]3C[C@@H]3F)cnc12. The van der Waals surface area contributed by atoms with Crippen LogP contribution in [-0.2, 0) is 11.2 Å². The highest BCUT2D eigenvalue weighted by Crippen LogP contribution is 2.46. The van der Waals surface area contributed by atoms with Crippen LogP contribution in [0.5, 0.6) is 5.75 Å². The van der Waals surface area contributed by atoms with Gasteiger partial charge in [-0.05, 0) is 92.3 Å². The zero-order chi connectivity index (χ0) is 42.7. The van der Waals surface area contributed by atoms with E-state index in [1.807, 2.05) is 35.4 Å². The quantitative estimate of drug-likeness (QED) is 0.145. The number of imide groups is 1. The lowest BCUT2D eigenvalue weighted by Crippen LogP contribution is -2.49. The van der Waals surface area contributed by atoms with Crippen molar-refractivity contribution in [3.63, 3.8) is 0 Å². The van der Waals surface area contributed by atoms with Gasteiger partial charge in [-0.15, -0.1) is 5.10 Å². The van der Waals surface area contributed by atoms with Crippen molar-refractivity contribution in [1.29, 1.82) is 0 Å². The minimum absolute atomic E-state index is 0.0842. The van der Waals surface area contributed by atoms with E-state index in [1.54, 1.807) is 25.2 Å². The summed E-state index contributed by atoms with van der Waals surface area (Å²) in [5.74, 6) is 0.568. The summed E-state index contributed by atoms with van der Waals surface area (Å²) in [6.45, 7) is 2.20. The molecule has 10 rings (SSSR count). The van der Waals surface area contributed by atoms with Crippen LogP contribution in [0.25, 0.3) is 16.9 Å². The van der Waals surface area contributed by atoms with Crippen LogP contribution < -0.4 is 30.5 Å². The Morgan fingerprint density at radius 2 is 1.71 bits per heavy atom. The highest BCUT2D eigenvalue weighted by molar-refractivity contribution is 6.34. The van der Waals surface area contributed by atoms with E-state index in [9.17, 15) is 23.6 Å². The third-order valence-corrected chi connectivity index (χ3v) is 13.6. The topological polar surface area (TPSA) is 166 Å². The summed E-state index contributed by atoms with van der Waals surface area (Å²) in [6.07, 6.45) is 9.37. The number of likely N-dealkylation sites (tertiary alicyclic amines) is 1. The molecule has 0 unspecified atom stereocenters. The monoisotopic (exact) mass is 860 g/mol. The number of carbonyl (C=O) groups excluding carboxylic acids is 4. The van der Waals surface area contributed by atoms with Crippen molar-refractivity contribution < 1.29 is 28.3 Å². The molecular formula is C45H46ClFN10O5. The summed E-state index contributed by atoms with van der Waals surface area (Å²) in [7, 11) is 1.80. The highest BCUT2D eigenvalue weighted by atomic mass is 35.5. The molecule has 2 saturated carbocycles. The number of nitrogens with zero attached hydrogens (tertiary/aromatic N) is 7. The average molecular weight is 861 g/mol. The van der Waals surface area contributed by atoms with Gasteiger partial charge in [-0.3, -0.25) is 29.6 Å². The molecule has 320 valence electrons. The third kappa shape index (κ3) is 7.43. The number of halogens is 2. The van der Waals surface area contributed by atoms with Gasteiger partial charge < -0.3 is 25.2 Å². The predicted octanol–water partition coefficient (Wildman–Crippen LogP) is 6.71. The van der Waals surface area contributed by atoms with Crippen LogP contribution in [0.3, 0.4) is 0 Å². The lowest BCUT2D eigenvalue weighted by molar-refractivity contribution is -0.120. The number of fused-ring (bicyclic) bond motifs is 2. The number of anilines is 4. The van der Waals surface area contributed by atoms with Gasteiger partial charge in [0, 0.05) is 68.9 Å². The maximum absolute atomic E-state index is 13.6. The molecule has 6 heterocycles. The number of aromatic nitrogens is 4. The minimum Gasteiger partial charge on any atom is -0.489 e. The smallest absolute Gasteiger partial charge is 0.328 e. The normalized spacial score (nSPS) is 20.9. The molecule has 17 heteroatoms. The molecule has 5 aliphatic rings. The number of nitrogens with one attached hydrogen (secondary N) is 3. The van der Waals surface area contributed by atoms with Gasteiger partial charge >= 0.3 is 6.03 Å². The number of piperidine rings is 1. The second-order valence-corrected chi connectivity index (χ2v) is 17.4. The Morgan fingerprint density at radius 1 is 0.919 bits per heavy atom. The minimum atomic E-state index is -1.01. The molecule has 4 fully saturated rings. The molecule has 2 atom stereocenters. The number of rotatable bonds is 9. The Bertz CT molecular complexity index is 2600. The number of pyridine rings is 1. The molecule has 62 heavy (non-hydrogen) atoms. The molecule has 3 aliphatic heterocycles. The van der Waals surface area contributed by atoms with E-state index < -0.39 is 24.2 Å². The van der Waals surface area contributed by atoms with Gasteiger partial charge in [-0.2, -0.15) is 0 Å². The van der Waals surface area contributed by atoms with Crippen LogP contribution in [0.2, 0.25) is 5.02 Å². The van der Waals surface area contributed by atoms with Crippen molar-refractivity contribution in [3.8, 4) is 17.0 Å². The lowest BCUT2D eigenvalue weighted by atomic mass is 9.67. The van der Waals surface area contributed by atoms with E-state index in [0.717, 1.165) is 73.2 Å². The fourth-order valence-corrected chi connectivity index (χ4v) is 9.75. The third-order valence-electron chi connectivity index (χ3n) is 13.2. The molecule has 0 radical (unpaired) electrons. The Morgan fingerprint density at radius 3 is 2.44 bits per heavy atom. The van der Waals surface area contributed by atoms with Crippen LogP contribution >= 0.6 is 11.6 Å².